The lowest BCUT2D eigenvalue weighted by Gasteiger charge is -2.60. The highest BCUT2D eigenvalue weighted by Gasteiger charge is 2.68. The summed E-state index contributed by atoms with van der Waals surface area (Å²) < 4.78 is 0. The van der Waals surface area contributed by atoms with Crippen molar-refractivity contribution in [3.63, 3.8) is 0 Å². The van der Waals surface area contributed by atoms with Gasteiger partial charge in [-0.3, -0.25) is 9.59 Å². The van der Waals surface area contributed by atoms with Gasteiger partial charge < -0.3 is 10.2 Å². The average molecular weight is 358 g/mol. The van der Waals surface area contributed by atoms with Gasteiger partial charge in [-0.2, -0.15) is 0 Å². The third-order valence-electron chi connectivity index (χ3n) is 8.55. The minimum atomic E-state index is -1.33. The lowest BCUT2D eigenvalue weighted by atomic mass is 9.45. The highest BCUT2D eigenvalue weighted by atomic mass is 16.3. The molecule has 4 aliphatic rings. The number of aliphatic hydroxyl groups excluding tert-OH is 1. The highest BCUT2D eigenvalue weighted by molar-refractivity contribution is 6.01. The number of hydrogen-bond acceptors (Lipinski definition) is 4. The van der Waals surface area contributed by atoms with E-state index in [9.17, 15) is 19.8 Å². The van der Waals surface area contributed by atoms with Crippen molar-refractivity contribution in [2.24, 2.45) is 34.5 Å². The first-order valence-electron chi connectivity index (χ1n) is 9.91. The van der Waals surface area contributed by atoms with Crippen molar-refractivity contribution in [3.05, 3.63) is 23.8 Å². The molecule has 142 valence electrons. The number of allylic oxidation sites excluding steroid dienone is 4. The van der Waals surface area contributed by atoms with Crippen LogP contribution in [0, 0.1) is 34.5 Å². The van der Waals surface area contributed by atoms with E-state index < -0.39 is 17.1 Å². The summed E-state index contributed by atoms with van der Waals surface area (Å²) in [5, 5.41) is 22.4. The number of Topliss-reactive ketones (excluding diaryl/α,β-unsaturated/α-hetero) is 1. The normalized spacial score (nSPS) is 52.8. The van der Waals surface area contributed by atoms with Gasteiger partial charge in [-0.15, -0.1) is 0 Å². The first-order chi connectivity index (χ1) is 12.0. The lowest BCUT2D eigenvalue weighted by Crippen LogP contribution is -2.61. The van der Waals surface area contributed by atoms with Gasteiger partial charge in [0.2, 0.25) is 0 Å². The Morgan fingerprint density at radius 1 is 1.31 bits per heavy atom. The summed E-state index contributed by atoms with van der Waals surface area (Å²) in [5.74, 6) is 0.609. The van der Waals surface area contributed by atoms with E-state index in [1.807, 2.05) is 13.0 Å². The van der Waals surface area contributed by atoms with E-state index in [0.29, 0.717) is 12.8 Å². The smallest absolute Gasteiger partial charge is 0.178 e. The van der Waals surface area contributed by atoms with Crippen molar-refractivity contribution in [1.29, 1.82) is 0 Å². The Morgan fingerprint density at radius 3 is 2.65 bits per heavy atom. The number of ketones is 2. The molecule has 0 aromatic carbocycles. The Labute approximate surface area is 155 Å². The maximum Gasteiger partial charge on any atom is 0.178 e. The maximum atomic E-state index is 12.3. The average Bonchev–Trinajstić information content (AvgIpc) is 2.81. The predicted molar refractivity (Wildman–Crippen MR) is 98.2 cm³/mol. The van der Waals surface area contributed by atoms with Gasteiger partial charge in [-0.1, -0.05) is 32.4 Å². The van der Waals surface area contributed by atoms with Gasteiger partial charge in [0.05, 0.1) is 6.10 Å². The van der Waals surface area contributed by atoms with Crippen LogP contribution in [0.25, 0.3) is 0 Å². The van der Waals surface area contributed by atoms with Gasteiger partial charge in [-0.25, -0.2) is 0 Å². The molecular formula is C22H30O4. The van der Waals surface area contributed by atoms with Gasteiger partial charge in [0, 0.05) is 16.7 Å². The summed E-state index contributed by atoms with van der Waals surface area (Å²) in [5.41, 5.74) is -1.10. The van der Waals surface area contributed by atoms with Crippen LogP contribution in [0.15, 0.2) is 23.8 Å². The van der Waals surface area contributed by atoms with Gasteiger partial charge in [-0.05, 0) is 62.5 Å². The molecule has 8 atom stereocenters. The Balaban J connectivity index is 1.80. The molecule has 4 rings (SSSR count). The van der Waals surface area contributed by atoms with Crippen LogP contribution in [0.5, 0.6) is 0 Å². The van der Waals surface area contributed by atoms with Crippen molar-refractivity contribution >= 4 is 11.6 Å². The van der Waals surface area contributed by atoms with E-state index in [4.69, 9.17) is 0 Å². The van der Waals surface area contributed by atoms with Crippen molar-refractivity contribution in [1.82, 2.24) is 0 Å². The number of rotatable bonds is 1. The molecule has 0 unspecified atom stereocenters. The van der Waals surface area contributed by atoms with Crippen LogP contribution in [0.1, 0.15) is 53.4 Å². The monoisotopic (exact) mass is 358 g/mol. The summed E-state index contributed by atoms with van der Waals surface area (Å²) >= 11 is 0. The van der Waals surface area contributed by atoms with Crippen LogP contribution in [0.3, 0.4) is 0 Å². The number of carbonyl (C=O) groups excluding carboxylic acids is 2. The molecule has 0 aromatic heterocycles. The topological polar surface area (TPSA) is 74.6 Å². The molecule has 0 radical (unpaired) electrons. The third kappa shape index (κ3) is 2.03. The Bertz CT molecular complexity index is 736. The standard InChI is InChI=1S/C22H30O4/c1-12-9-15-16-6-8-22(26,13(2)23)21(16,4)11-18(25)19(15)20(3)7-5-14(24)10-17(12)20/h5,7,10,12,15-16,18-19,25-26H,6,8-9,11H2,1-4H3/t12-,15+,16+,18+,19-,20+,21+,22+/m1/s1. The molecule has 26 heavy (non-hydrogen) atoms. The molecule has 2 N–H and O–H groups in total. The van der Waals surface area contributed by atoms with Crippen molar-refractivity contribution in [3.8, 4) is 0 Å². The van der Waals surface area contributed by atoms with Gasteiger partial charge in [0.1, 0.15) is 5.60 Å². The molecule has 4 heteroatoms. The van der Waals surface area contributed by atoms with Crippen LogP contribution in [-0.2, 0) is 9.59 Å². The number of aliphatic hydroxyl groups is 2. The zero-order chi connectivity index (χ0) is 19.1. The first kappa shape index (κ1) is 18.1. The molecule has 0 saturated heterocycles. The van der Waals surface area contributed by atoms with Gasteiger partial charge >= 0.3 is 0 Å². The molecular weight excluding hydrogens is 328 g/mol. The summed E-state index contributed by atoms with van der Waals surface area (Å²) in [6.45, 7) is 7.79. The molecule has 3 fully saturated rings. The largest absolute Gasteiger partial charge is 0.393 e. The van der Waals surface area contributed by atoms with E-state index in [-0.39, 0.29) is 40.7 Å². The second kappa shape index (κ2) is 5.39. The highest BCUT2D eigenvalue weighted by Crippen LogP contribution is 2.67. The van der Waals surface area contributed by atoms with E-state index in [0.717, 1.165) is 18.4 Å². The number of hydrogen-bond donors (Lipinski definition) is 2. The Morgan fingerprint density at radius 2 is 2.00 bits per heavy atom. The maximum absolute atomic E-state index is 12.3. The van der Waals surface area contributed by atoms with Crippen molar-refractivity contribution in [2.75, 3.05) is 0 Å². The number of carbonyl (C=O) groups is 2. The van der Waals surface area contributed by atoms with Crippen LogP contribution in [0.4, 0.5) is 0 Å². The van der Waals surface area contributed by atoms with Crippen LogP contribution < -0.4 is 0 Å². The fourth-order valence-electron chi connectivity index (χ4n) is 7.33. The van der Waals surface area contributed by atoms with Crippen LogP contribution >= 0.6 is 0 Å². The minimum absolute atomic E-state index is 0.0293. The van der Waals surface area contributed by atoms with Crippen LogP contribution in [0.2, 0.25) is 0 Å². The summed E-state index contributed by atoms with van der Waals surface area (Å²) in [4.78, 5) is 24.2. The second-order valence-electron chi connectivity index (χ2n) is 9.70. The molecule has 4 nitrogen and oxygen atoms in total. The third-order valence-corrected chi connectivity index (χ3v) is 8.55. The molecule has 0 bridgehead atoms. The van der Waals surface area contributed by atoms with Gasteiger partial charge in [0.15, 0.2) is 11.6 Å². The number of fused-ring (bicyclic) bond motifs is 5. The fourth-order valence-corrected chi connectivity index (χ4v) is 7.33. The molecule has 0 heterocycles. The molecule has 0 aromatic rings. The zero-order valence-corrected chi connectivity index (χ0v) is 16.2. The quantitative estimate of drug-likeness (QED) is 0.756. The fraction of sp³-hybridized carbons (Fsp3) is 0.727. The Hall–Kier alpha value is -1.26. The minimum Gasteiger partial charge on any atom is -0.393 e. The molecule has 4 aliphatic carbocycles. The van der Waals surface area contributed by atoms with E-state index >= 15 is 0 Å². The zero-order valence-electron chi connectivity index (χ0n) is 16.2. The molecule has 0 aliphatic heterocycles. The van der Waals surface area contributed by atoms with E-state index in [1.165, 1.54) is 6.92 Å². The lowest BCUT2D eigenvalue weighted by molar-refractivity contribution is -0.176. The van der Waals surface area contributed by atoms with Crippen molar-refractivity contribution < 1.29 is 19.8 Å². The molecule has 3 saturated carbocycles. The van der Waals surface area contributed by atoms with E-state index in [2.05, 4.69) is 13.8 Å². The van der Waals surface area contributed by atoms with Crippen molar-refractivity contribution in [2.45, 2.75) is 65.1 Å². The van der Waals surface area contributed by atoms with E-state index in [1.54, 1.807) is 12.2 Å². The Kier molecular flexibility index (Phi) is 3.75. The van der Waals surface area contributed by atoms with Crippen LogP contribution in [-0.4, -0.2) is 33.5 Å². The molecule has 0 spiro atoms. The second-order valence-corrected chi connectivity index (χ2v) is 9.70. The predicted octanol–water partition coefficient (Wildman–Crippen LogP) is 2.83. The summed E-state index contributed by atoms with van der Waals surface area (Å²) in [6.07, 6.45) is 7.46. The van der Waals surface area contributed by atoms with Gasteiger partial charge in [0.25, 0.3) is 0 Å². The summed E-state index contributed by atoms with van der Waals surface area (Å²) in [7, 11) is 0. The first-order valence-corrected chi connectivity index (χ1v) is 9.91. The SMILES string of the molecule is CC(=O)[C@@]1(O)CC[C@H]2[C@@H]3C[C@@H](C)C4=CC(=O)C=C[C@]4(C)[C@H]3[C@@H](O)C[C@@]21C. The molecule has 0 amide bonds. The summed E-state index contributed by atoms with van der Waals surface area (Å²) in [6, 6.07) is 0.